The molecule has 6 nitrogen and oxygen atoms in total. The standard InChI is InChI=1S/C17H20ClN3O3S/c1-11-4-3-5-14(18)17(11)25(23,24)21-8-6-13(7-9-21)15-10-16(22)20-12(2)19-15/h3-5,10,13H,6-9H2,1-2H3,(H,19,20,22). The van der Waals surface area contributed by atoms with Crippen LogP contribution < -0.4 is 5.56 Å². The molecule has 1 N–H and O–H groups in total. The van der Waals surface area contributed by atoms with Crippen LogP contribution in [-0.4, -0.2) is 35.8 Å². The molecule has 1 aromatic carbocycles. The topological polar surface area (TPSA) is 83.1 Å². The van der Waals surface area contributed by atoms with Gasteiger partial charge in [-0.1, -0.05) is 23.7 Å². The number of nitrogens with one attached hydrogen (secondary N) is 1. The summed E-state index contributed by atoms with van der Waals surface area (Å²) >= 11 is 6.14. The molecule has 1 saturated heterocycles. The van der Waals surface area contributed by atoms with Crippen LogP contribution in [0, 0.1) is 13.8 Å². The third-order valence-electron chi connectivity index (χ3n) is 4.51. The molecule has 0 saturated carbocycles. The van der Waals surface area contributed by atoms with E-state index in [1.807, 2.05) is 0 Å². The highest BCUT2D eigenvalue weighted by Gasteiger charge is 2.32. The molecule has 3 rings (SSSR count). The van der Waals surface area contributed by atoms with Gasteiger partial charge < -0.3 is 4.98 Å². The first kappa shape index (κ1) is 18.1. The van der Waals surface area contributed by atoms with Gasteiger partial charge in [-0.25, -0.2) is 13.4 Å². The summed E-state index contributed by atoms with van der Waals surface area (Å²) in [5.74, 6) is 0.657. The molecule has 2 heterocycles. The monoisotopic (exact) mass is 381 g/mol. The Hall–Kier alpha value is -1.70. The zero-order valence-corrected chi connectivity index (χ0v) is 15.7. The molecule has 0 amide bonds. The number of hydrogen-bond acceptors (Lipinski definition) is 4. The molecular formula is C17H20ClN3O3S. The number of rotatable bonds is 3. The summed E-state index contributed by atoms with van der Waals surface area (Å²) in [6, 6.07) is 6.58. The van der Waals surface area contributed by atoms with Gasteiger partial charge in [-0.05, 0) is 38.3 Å². The third kappa shape index (κ3) is 3.63. The van der Waals surface area contributed by atoms with Crippen LogP contribution in [0.25, 0.3) is 0 Å². The summed E-state index contributed by atoms with van der Waals surface area (Å²) in [6.07, 6.45) is 1.25. The van der Waals surface area contributed by atoms with Crippen molar-refractivity contribution >= 4 is 21.6 Å². The zero-order chi connectivity index (χ0) is 18.2. The fourth-order valence-electron chi connectivity index (χ4n) is 3.28. The van der Waals surface area contributed by atoms with E-state index >= 15 is 0 Å². The van der Waals surface area contributed by atoms with Gasteiger partial charge >= 0.3 is 0 Å². The Kier molecular flexibility index (Phi) is 4.99. The maximum absolute atomic E-state index is 13.0. The molecule has 1 aliphatic heterocycles. The quantitative estimate of drug-likeness (QED) is 0.885. The van der Waals surface area contributed by atoms with E-state index < -0.39 is 10.0 Å². The minimum absolute atomic E-state index is 0.0831. The van der Waals surface area contributed by atoms with Crippen LogP contribution in [0.1, 0.15) is 35.8 Å². The molecule has 0 atom stereocenters. The van der Waals surface area contributed by atoms with Crippen molar-refractivity contribution in [2.45, 2.75) is 37.5 Å². The van der Waals surface area contributed by atoms with Crippen LogP contribution in [0.2, 0.25) is 5.02 Å². The van der Waals surface area contributed by atoms with E-state index in [9.17, 15) is 13.2 Å². The highest BCUT2D eigenvalue weighted by molar-refractivity contribution is 7.89. The van der Waals surface area contributed by atoms with Crippen molar-refractivity contribution in [2.75, 3.05) is 13.1 Å². The number of aromatic amines is 1. The van der Waals surface area contributed by atoms with Gasteiger partial charge in [-0.3, -0.25) is 4.79 Å². The average molecular weight is 382 g/mol. The van der Waals surface area contributed by atoms with E-state index in [4.69, 9.17) is 11.6 Å². The fraction of sp³-hybridized carbons (Fsp3) is 0.412. The Bertz CT molecular complexity index is 928. The molecule has 1 aromatic heterocycles. The maximum Gasteiger partial charge on any atom is 0.251 e. The van der Waals surface area contributed by atoms with E-state index in [2.05, 4.69) is 9.97 Å². The second kappa shape index (κ2) is 6.90. The molecule has 8 heteroatoms. The van der Waals surface area contributed by atoms with Gasteiger partial charge in [-0.15, -0.1) is 0 Å². The van der Waals surface area contributed by atoms with Gasteiger partial charge in [0.1, 0.15) is 10.7 Å². The smallest absolute Gasteiger partial charge is 0.251 e. The molecule has 1 aliphatic rings. The molecule has 25 heavy (non-hydrogen) atoms. The summed E-state index contributed by atoms with van der Waals surface area (Å²) in [6.45, 7) is 4.25. The Balaban J connectivity index is 1.81. The van der Waals surface area contributed by atoms with Crippen LogP contribution in [0.15, 0.2) is 34.0 Å². The van der Waals surface area contributed by atoms with Crippen LogP contribution in [-0.2, 0) is 10.0 Å². The predicted octanol–water partition coefficient (Wildman–Crippen LogP) is 2.61. The van der Waals surface area contributed by atoms with Gasteiger partial charge in [0.2, 0.25) is 10.0 Å². The zero-order valence-electron chi connectivity index (χ0n) is 14.1. The lowest BCUT2D eigenvalue weighted by Gasteiger charge is -2.31. The van der Waals surface area contributed by atoms with E-state index in [-0.39, 0.29) is 21.4 Å². The fourth-order valence-corrected chi connectivity index (χ4v) is 5.53. The molecule has 134 valence electrons. The first-order chi connectivity index (χ1) is 11.8. The molecule has 0 spiro atoms. The number of piperidine rings is 1. The largest absolute Gasteiger partial charge is 0.311 e. The van der Waals surface area contributed by atoms with E-state index in [0.717, 1.165) is 5.69 Å². The lowest BCUT2D eigenvalue weighted by atomic mass is 9.94. The Labute approximate surface area is 151 Å². The van der Waals surface area contributed by atoms with Gasteiger partial charge in [-0.2, -0.15) is 4.31 Å². The predicted molar refractivity (Wildman–Crippen MR) is 96.5 cm³/mol. The van der Waals surface area contributed by atoms with E-state index in [1.165, 1.54) is 10.4 Å². The van der Waals surface area contributed by atoms with Crippen molar-refractivity contribution in [2.24, 2.45) is 0 Å². The Morgan fingerprint density at radius 3 is 2.52 bits per heavy atom. The summed E-state index contributed by atoms with van der Waals surface area (Å²) in [4.78, 5) is 18.8. The highest BCUT2D eigenvalue weighted by atomic mass is 35.5. The summed E-state index contributed by atoms with van der Waals surface area (Å²) in [5, 5.41) is 0.244. The van der Waals surface area contributed by atoms with Gasteiger partial charge in [0.05, 0.1) is 10.7 Å². The van der Waals surface area contributed by atoms with Crippen LogP contribution in [0.4, 0.5) is 0 Å². The van der Waals surface area contributed by atoms with Crippen molar-refractivity contribution in [3.63, 3.8) is 0 Å². The highest BCUT2D eigenvalue weighted by Crippen LogP contribution is 2.32. The number of hydrogen-bond donors (Lipinski definition) is 1. The van der Waals surface area contributed by atoms with Crippen LogP contribution in [0.3, 0.4) is 0 Å². The molecule has 1 fully saturated rings. The summed E-state index contributed by atoms with van der Waals surface area (Å²) in [5.41, 5.74) is 1.19. The number of halogens is 1. The van der Waals surface area contributed by atoms with Crippen LogP contribution >= 0.6 is 11.6 Å². The number of aromatic nitrogens is 2. The second-order valence-electron chi connectivity index (χ2n) is 6.32. The molecular weight excluding hydrogens is 362 g/mol. The average Bonchev–Trinajstić information content (AvgIpc) is 2.53. The number of aryl methyl sites for hydroxylation is 2. The van der Waals surface area contributed by atoms with Crippen molar-refractivity contribution < 1.29 is 8.42 Å². The summed E-state index contributed by atoms with van der Waals surface area (Å²) in [7, 11) is -3.63. The molecule has 0 radical (unpaired) electrons. The lowest BCUT2D eigenvalue weighted by Crippen LogP contribution is -2.38. The van der Waals surface area contributed by atoms with Gasteiger partial charge in [0.15, 0.2) is 0 Å². The Morgan fingerprint density at radius 2 is 1.92 bits per heavy atom. The van der Waals surface area contributed by atoms with Crippen molar-refractivity contribution in [1.82, 2.24) is 14.3 Å². The molecule has 0 unspecified atom stereocenters. The van der Waals surface area contributed by atoms with Crippen molar-refractivity contribution in [3.8, 4) is 0 Å². The molecule has 0 aliphatic carbocycles. The van der Waals surface area contributed by atoms with E-state index in [0.29, 0.717) is 37.3 Å². The minimum atomic E-state index is -3.63. The molecule has 2 aromatic rings. The maximum atomic E-state index is 13.0. The van der Waals surface area contributed by atoms with Crippen LogP contribution in [0.5, 0.6) is 0 Å². The molecule has 0 bridgehead atoms. The number of nitrogens with zero attached hydrogens (tertiary/aromatic N) is 2. The number of sulfonamides is 1. The first-order valence-electron chi connectivity index (χ1n) is 8.12. The normalized spacial score (nSPS) is 16.9. The third-order valence-corrected chi connectivity index (χ3v) is 7.04. The summed E-state index contributed by atoms with van der Waals surface area (Å²) < 4.78 is 27.4. The SMILES string of the molecule is Cc1nc(C2CCN(S(=O)(=O)c3c(C)cccc3Cl)CC2)cc(=O)[nH]1. The number of benzene rings is 1. The van der Waals surface area contributed by atoms with Gasteiger partial charge in [0, 0.05) is 25.1 Å². The Morgan fingerprint density at radius 1 is 1.24 bits per heavy atom. The lowest BCUT2D eigenvalue weighted by molar-refractivity contribution is 0.316. The first-order valence-corrected chi connectivity index (χ1v) is 9.94. The second-order valence-corrected chi connectivity index (χ2v) is 8.60. The minimum Gasteiger partial charge on any atom is -0.311 e. The van der Waals surface area contributed by atoms with Crippen molar-refractivity contribution in [1.29, 1.82) is 0 Å². The number of H-pyrrole nitrogens is 1. The van der Waals surface area contributed by atoms with Gasteiger partial charge in [0.25, 0.3) is 5.56 Å². The van der Waals surface area contributed by atoms with E-state index in [1.54, 1.807) is 32.0 Å². The van der Waals surface area contributed by atoms with Crippen molar-refractivity contribution in [3.05, 3.63) is 56.7 Å².